The molecule has 0 unspecified atom stereocenters. The van der Waals surface area contributed by atoms with E-state index in [1.165, 1.54) is 6.20 Å². The summed E-state index contributed by atoms with van der Waals surface area (Å²) in [5, 5.41) is 18.1. The van der Waals surface area contributed by atoms with E-state index in [0.29, 0.717) is 12.1 Å². The van der Waals surface area contributed by atoms with E-state index in [2.05, 4.69) is 15.5 Å². The highest BCUT2D eigenvalue weighted by Crippen LogP contribution is 2.11. The lowest BCUT2D eigenvalue weighted by Crippen LogP contribution is -2.37. The summed E-state index contributed by atoms with van der Waals surface area (Å²) in [6.07, 6.45) is 3.49. The van der Waals surface area contributed by atoms with Gasteiger partial charge in [-0.1, -0.05) is 12.1 Å². The van der Waals surface area contributed by atoms with Gasteiger partial charge in [0, 0.05) is 6.20 Å². The Kier molecular flexibility index (Phi) is 3.59. The Morgan fingerprint density at radius 3 is 2.78 bits per heavy atom. The molecule has 1 aromatic heterocycles. The summed E-state index contributed by atoms with van der Waals surface area (Å²) in [5.74, 6) is -0.0837. The maximum atomic E-state index is 11.8. The second-order valence-electron chi connectivity index (χ2n) is 3.95. The minimum atomic E-state index is -0.649. The molecule has 1 aromatic carbocycles. The lowest BCUT2D eigenvalue weighted by molar-refractivity contribution is -0.117. The third-order valence-electron chi connectivity index (χ3n) is 2.49. The number of aromatic nitrogens is 2. The summed E-state index contributed by atoms with van der Waals surface area (Å²) in [7, 11) is 0. The SMILES string of the molecule is N[C@@H](Cc1ccc(O)cc1)C(=O)Nc1cn[nH]c1. The molecule has 0 saturated heterocycles. The first-order valence-corrected chi connectivity index (χ1v) is 5.48. The summed E-state index contributed by atoms with van der Waals surface area (Å²) >= 11 is 0. The molecular formula is C12H14N4O2. The smallest absolute Gasteiger partial charge is 0.241 e. The highest BCUT2D eigenvalue weighted by atomic mass is 16.3. The van der Waals surface area contributed by atoms with Crippen molar-refractivity contribution in [2.75, 3.05) is 5.32 Å². The standard InChI is InChI=1S/C12H14N4O2/c13-11(5-8-1-3-10(17)4-2-8)12(18)16-9-6-14-15-7-9/h1-4,6-7,11,17H,5,13H2,(H,14,15)(H,16,18)/t11-/m0/s1. The van der Waals surface area contributed by atoms with E-state index in [9.17, 15) is 4.79 Å². The van der Waals surface area contributed by atoms with Crippen LogP contribution in [0.5, 0.6) is 5.75 Å². The van der Waals surface area contributed by atoms with E-state index in [-0.39, 0.29) is 11.7 Å². The van der Waals surface area contributed by atoms with Gasteiger partial charge in [0.2, 0.25) is 5.91 Å². The van der Waals surface area contributed by atoms with Crippen molar-refractivity contribution < 1.29 is 9.90 Å². The summed E-state index contributed by atoms with van der Waals surface area (Å²) < 4.78 is 0. The molecule has 6 heteroatoms. The summed E-state index contributed by atoms with van der Waals surface area (Å²) in [5.41, 5.74) is 7.27. The number of anilines is 1. The number of hydrogen-bond acceptors (Lipinski definition) is 4. The van der Waals surface area contributed by atoms with Crippen molar-refractivity contribution in [1.82, 2.24) is 10.2 Å². The van der Waals surface area contributed by atoms with Crippen molar-refractivity contribution >= 4 is 11.6 Å². The highest BCUT2D eigenvalue weighted by Gasteiger charge is 2.14. The predicted octanol–water partition coefficient (Wildman–Crippen LogP) is 0.624. The van der Waals surface area contributed by atoms with E-state index in [0.717, 1.165) is 5.56 Å². The van der Waals surface area contributed by atoms with Crippen molar-refractivity contribution in [3.05, 3.63) is 42.2 Å². The first-order valence-electron chi connectivity index (χ1n) is 5.48. The third kappa shape index (κ3) is 3.08. The lowest BCUT2D eigenvalue weighted by atomic mass is 10.1. The van der Waals surface area contributed by atoms with Crippen LogP contribution in [-0.4, -0.2) is 27.3 Å². The first-order chi connectivity index (χ1) is 8.65. The number of amides is 1. The zero-order chi connectivity index (χ0) is 13.0. The molecule has 1 heterocycles. The second kappa shape index (κ2) is 5.33. The second-order valence-corrected chi connectivity index (χ2v) is 3.95. The van der Waals surface area contributed by atoms with E-state index in [1.807, 2.05) is 0 Å². The summed E-state index contributed by atoms with van der Waals surface area (Å²) in [4.78, 5) is 11.8. The molecule has 6 nitrogen and oxygen atoms in total. The van der Waals surface area contributed by atoms with Crippen molar-refractivity contribution in [2.45, 2.75) is 12.5 Å². The van der Waals surface area contributed by atoms with Gasteiger partial charge in [0.1, 0.15) is 5.75 Å². The molecule has 5 N–H and O–H groups in total. The monoisotopic (exact) mass is 246 g/mol. The number of carbonyl (C=O) groups excluding carboxylic acids is 1. The zero-order valence-electron chi connectivity index (χ0n) is 9.63. The molecule has 1 amide bonds. The Morgan fingerprint density at radius 2 is 2.17 bits per heavy atom. The molecular weight excluding hydrogens is 232 g/mol. The van der Waals surface area contributed by atoms with Gasteiger partial charge < -0.3 is 16.2 Å². The normalized spacial score (nSPS) is 12.1. The van der Waals surface area contributed by atoms with Crippen molar-refractivity contribution in [3.63, 3.8) is 0 Å². The highest BCUT2D eigenvalue weighted by molar-refractivity contribution is 5.94. The fourth-order valence-corrected chi connectivity index (χ4v) is 1.53. The molecule has 0 aliphatic heterocycles. The fraction of sp³-hybridized carbons (Fsp3) is 0.167. The third-order valence-corrected chi connectivity index (χ3v) is 2.49. The Labute approximate surface area is 104 Å². The summed E-state index contributed by atoms with van der Waals surface area (Å²) in [6, 6.07) is 5.96. The van der Waals surface area contributed by atoms with Crippen LogP contribution in [0.4, 0.5) is 5.69 Å². The minimum absolute atomic E-state index is 0.190. The number of benzene rings is 1. The number of phenolic OH excluding ortho intramolecular Hbond substituents is 1. The molecule has 0 spiro atoms. The lowest BCUT2D eigenvalue weighted by Gasteiger charge is -2.11. The quantitative estimate of drug-likeness (QED) is 0.635. The van der Waals surface area contributed by atoms with Crippen molar-refractivity contribution in [3.8, 4) is 5.75 Å². The maximum Gasteiger partial charge on any atom is 0.241 e. The van der Waals surface area contributed by atoms with Crippen LogP contribution >= 0.6 is 0 Å². The van der Waals surface area contributed by atoms with Crippen LogP contribution in [0.25, 0.3) is 0 Å². The predicted molar refractivity (Wildman–Crippen MR) is 67.0 cm³/mol. The van der Waals surface area contributed by atoms with Gasteiger partial charge in [0.25, 0.3) is 0 Å². The number of H-pyrrole nitrogens is 1. The van der Waals surface area contributed by atoms with Crippen molar-refractivity contribution in [2.24, 2.45) is 5.73 Å². The Morgan fingerprint density at radius 1 is 1.44 bits per heavy atom. The van der Waals surface area contributed by atoms with Gasteiger partial charge in [-0.25, -0.2) is 0 Å². The Bertz CT molecular complexity index is 507. The Hall–Kier alpha value is -2.34. The largest absolute Gasteiger partial charge is 0.508 e. The molecule has 2 aromatic rings. The number of rotatable bonds is 4. The van der Waals surface area contributed by atoms with Crippen LogP contribution in [0, 0.1) is 0 Å². The van der Waals surface area contributed by atoms with Crippen LogP contribution in [0.3, 0.4) is 0 Å². The van der Waals surface area contributed by atoms with E-state index in [4.69, 9.17) is 10.8 Å². The topological polar surface area (TPSA) is 104 Å². The number of hydrogen-bond donors (Lipinski definition) is 4. The van der Waals surface area contributed by atoms with Crippen LogP contribution in [-0.2, 0) is 11.2 Å². The zero-order valence-corrected chi connectivity index (χ0v) is 9.63. The van der Waals surface area contributed by atoms with E-state index < -0.39 is 6.04 Å². The van der Waals surface area contributed by atoms with Crippen molar-refractivity contribution in [1.29, 1.82) is 0 Å². The fourth-order valence-electron chi connectivity index (χ4n) is 1.53. The van der Waals surface area contributed by atoms with Gasteiger partial charge in [-0.2, -0.15) is 5.10 Å². The number of carbonyl (C=O) groups is 1. The number of nitrogens with zero attached hydrogens (tertiary/aromatic N) is 1. The maximum absolute atomic E-state index is 11.8. The number of aromatic hydroxyl groups is 1. The molecule has 2 rings (SSSR count). The molecule has 18 heavy (non-hydrogen) atoms. The van der Waals surface area contributed by atoms with Gasteiger partial charge in [-0.3, -0.25) is 9.89 Å². The van der Waals surface area contributed by atoms with Crippen LogP contribution in [0.1, 0.15) is 5.56 Å². The average Bonchev–Trinajstić information content (AvgIpc) is 2.85. The van der Waals surface area contributed by atoms with Gasteiger partial charge in [-0.15, -0.1) is 0 Å². The Balaban J connectivity index is 1.93. The molecule has 0 fully saturated rings. The molecule has 94 valence electrons. The van der Waals surface area contributed by atoms with Gasteiger partial charge in [0.15, 0.2) is 0 Å². The molecule has 0 aliphatic rings. The average molecular weight is 246 g/mol. The van der Waals surface area contributed by atoms with Crippen LogP contribution in [0.15, 0.2) is 36.7 Å². The number of nitrogens with two attached hydrogens (primary N) is 1. The minimum Gasteiger partial charge on any atom is -0.508 e. The van der Waals surface area contributed by atoms with Crippen LogP contribution in [0.2, 0.25) is 0 Å². The van der Waals surface area contributed by atoms with E-state index in [1.54, 1.807) is 30.5 Å². The summed E-state index contributed by atoms with van der Waals surface area (Å²) in [6.45, 7) is 0. The number of nitrogens with one attached hydrogen (secondary N) is 2. The molecule has 0 saturated carbocycles. The van der Waals surface area contributed by atoms with Gasteiger partial charge in [0.05, 0.1) is 17.9 Å². The molecule has 0 aliphatic carbocycles. The van der Waals surface area contributed by atoms with Gasteiger partial charge >= 0.3 is 0 Å². The van der Waals surface area contributed by atoms with Crippen LogP contribution < -0.4 is 11.1 Å². The molecule has 0 bridgehead atoms. The first kappa shape index (κ1) is 12.1. The number of aromatic amines is 1. The number of phenols is 1. The molecule has 0 radical (unpaired) electrons. The van der Waals surface area contributed by atoms with Gasteiger partial charge in [-0.05, 0) is 24.1 Å². The molecule has 1 atom stereocenters. The van der Waals surface area contributed by atoms with E-state index >= 15 is 0 Å².